The van der Waals surface area contributed by atoms with E-state index < -0.39 is 28.5 Å². The fraction of sp³-hybridized carbons (Fsp3) is 0.278. The Bertz CT molecular complexity index is 1710. The Morgan fingerprint density at radius 2 is 1.47 bits per heavy atom. The lowest BCUT2D eigenvalue weighted by molar-refractivity contribution is -0.140. The number of carbonyl (C=O) groups is 2. The van der Waals surface area contributed by atoms with Crippen LogP contribution in [-0.2, 0) is 32.6 Å². The number of hydrogen-bond acceptors (Lipinski definition) is 5. The summed E-state index contributed by atoms with van der Waals surface area (Å²) in [6, 6.07) is 29.2. The Kier molecular flexibility index (Phi) is 11.0. The summed E-state index contributed by atoms with van der Waals surface area (Å²) in [5, 5.41) is 2.97. The van der Waals surface area contributed by atoms with E-state index in [4.69, 9.17) is 4.74 Å². The van der Waals surface area contributed by atoms with Gasteiger partial charge in [-0.05, 0) is 80.8 Å². The number of carbonyl (C=O) groups excluding carboxylic acids is 2. The smallest absolute Gasteiger partial charge is 0.264 e. The number of aryl methyl sites for hydroxylation is 2. The van der Waals surface area contributed by atoms with Crippen LogP contribution < -0.4 is 14.4 Å². The normalized spacial score (nSPS) is 12.0. The molecule has 0 radical (unpaired) electrons. The number of methoxy groups -OCH3 is 1. The second-order valence-electron chi connectivity index (χ2n) is 11.4. The molecule has 9 heteroatoms. The first-order valence-corrected chi connectivity index (χ1v) is 16.3. The largest absolute Gasteiger partial charge is 0.497 e. The Morgan fingerprint density at radius 1 is 0.800 bits per heavy atom. The number of nitrogens with one attached hydrogen (secondary N) is 1. The van der Waals surface area contributed by atoms with Gasteiger partial charge < -0.3 is 15.0 Å². The maximum absolute atomic E-state index is 14.5. The fourth-order valence-corrected chi connectivity index (χ4v) is 6.46. The van der Waals surface area contributed by atoms with Crippen LogP contribution in [0.5, 0.6) is 5.75 Å². The first-order valence-electron chi connectivity index (χ1n) is 14.9. The molecule has 0 saturated carbocycles. The molecule has 8 nitrogen and oxygen atoms in total. The van der Waals surface area contributed by atoms with E-state index in [0.717, 1.165) is 26.6 Å². The van der Waals surface area contributed by atoms with Gasteiger partial charge in [-0.25, -0.2) is 8.42 Å². The molecule has 2 amide bonds. The second-order valence-corrected chi connectivity index (χ2v) is 13.3. The maximum Gasteiger partial charge on any atom is 0.264 e. The molecule has 0 aliphatic heterocycles. The molecular weight excluding hydrogens is 586 g/mol. The average Bonchev–Trinajstić information content (AvgIpc) is 3.01. The van der Waals surface area contributed by atoms with Gasteiger partial charge in [-0.3, -0.25) is 13.9 Å². The van der Waals surface area contributed by atoms with Gasteiger partial charge in [0, 0.05) is 19.0 Å². The molecule has 0 bridgehead atoms. The van der Waals surface area contributed by atoms with Gasteiger partial charge in [-0.2, -0.15) is 0 Å². The number of ether oxygens (including phenoxy) is 1. The second kappa shape index (κ2) is 14.9. The number of amides is 2. The predicted octanol–water partition coefficient (Wildman–Crippen LogP) is 5.67. The standard InChI is InChI=1S/C36H41N3O5S/c1-26(2)37-36(41)34(23-29-12-7-6-8-13-29)38(24-30-14-10-16-32(22-30)44-5)35(40)25-39(31-15-9-11-28(4)21-31)45(42,43)33-19-17-27(3)18-20-33/h6-22,26,34H,23-25H2,1-5H3,(H,37,41)/t34-/m0/s1. The van der Waals surface area contributed by atoms with Crippen LogP contribution in [0.2, 0.25) is 0 Å². The number of benzene rings is 4. The Balaban J connectivity index is 1.82. The van der Waals surface area contributed by atoms with Crippen LogP contribution in [-0.4, -0.2) is 50.9 Å². The minimum absolute atomic E-state index is 0.0608. The number of anilines is 1. The lowest BCUT2D eigenvalue weighted by atomic mass is 10.0. The van der Waals surface area contributed by atoms with Crippen LogP contribution in [0.1, 0.15) is 36.1 Å². The van der Waals surface area contributed by atoms with E-state index in [0.29, 0.717) is 11.4 Å². The molecule has 1 N–H and O–H groups in total. The Hall–Kier alpha value is -4.63. The van der Waals surface area contributed by atoms with Gasteiger partial charge in [0.05, 0.1) is 17.7 Å². The van der Waals surface area contributed by atoms with E-state index in [1.54, 1.807) is 55.6 Å². The molecular formula is C36H41N3O5S. The maximum atomic E-state index is 14.5. The Labute approximate surface area is 266 Å². The molecule has 0 aliphatic carbocycles. The van der Waals surface area contributed by atoms with Gasteiger partial charge in [0.2, 0.25) is 11.8 Å². The number of sulfonamides is 1. The van der Waals surface area contributed by atoms with Gasteiger partial charge in [0.1, 0.15) is 18.3 Å². The highest BCUT2D eigenvalue weighted by Gasteiger charge is 2.35. The molecule has 4 rings (SSSR count). The van der Waals surface area contributed by atoms with Crippen molar-refractivity contribution in [3.8, 4) is 5.75 Å². The van der Waals surface area contributed by atoms with Crippen molar-refractivity contribution in [3.63, 3.8) is 0 Å². The molecule has 45 heavy (non-hydrogen) atoms. The third-order valence-electron chi connectivity index (χ3n) is 7.37. The van der Waals surface area contributed by atoms with Crippen molar-refractivity contribution < 1.29 is 22.7 Å². The SMILES string of the molecule is COc1cccc(CN(C(=O)CN(c2cccc(C)c2)S(=O)(=O)c2ccc(C)cc2)[C@@H](Cc2ccccc2)C(=O)NC(C)C)c1. The molecule has 0 heterocycles. The predicted molar refractivity (Wildman–Crippen MR) is 178 cm³/mol. The van der Waals surface area contributed by atoms with Crippen LogP contribution in [0, 0.1) is 13.8 Å². The monoisotopic (exact) mass is 627 g/mol. The highest BCUT2D eigenvalue weighted by Crippen LogP contribution is 2.26. The van der Waals surface area contributed by atoms with Crippen molar-refractivity contribution in [1.29, 1.82) is 0 Å². The number of hydrogen-bond donors (Lipinski definition) is 1. The van der Waals surface area contributed by atoms with Crippen molar-refractivity contribution in [2.75, 3.05) is 18.0 Å². The lowest BCUT2D eigenvalue weighted by Gasteiger charge is -2.34. The highest BCUT2D eigenvalue weighted by atomic mass is 32.2. The molecule has 4 aromatic carbocycles. The summed E-state index contributed by atoms with van der Waals surface area (Å²) >= 11 is 0. The third-order valence-corrected chi connectivity index (χ3v) is 9.15. The van der Waals surface area contributed by atoms with Crippen molar-refractivity contribution in [2.45, 2.75) is 57.6 Å². The van der Waals surface area contributed by atoms with Gasteiger partial charge in [-0.15, -0.1) is 0 Å². The molecule has 0 spiro atoms. The highest BCUT2D eigenvalue weighted by molar-refractivity contribution is 7.92. The number of rotatable bonds is 13. The third kappa shape index (κ3) is 8.73. The van der Waals surface area contributed by atoms with Gasteiger partial charge in [0.25, 0.3) is 10.0 Å². The number of nitrogens with zero attached hydrogens (tertiary/aromatic N) is 2. The van der Waals surface area contributed by atoms with Crippen LogP contribution >= 0.6 is 0 Å². The van der Waals surface area contributed by atoms with Crippen molar-refractivity contribution >= 4 is 27.5 Å². The van der Waals surface area contributed by atoms with Gasteiger partial charge in [0.15, 0.2) is 0 Å². The van der Waals surface area contributed by atoms with Crippen LogP contribution in [0.3, 0.4) is 0 Å². The molecule has 0 saturated heterocycles. The zero-order valence-corrected chi connectivity index (χ0v) is 27.3. The first kappa shape index (κ1) is 33.3. The summed E-state index contributed by atoms with van der Waals surface area (Å²) in [6.45, 7) is 7.01. The zero-order chi connectivity index (χ0) is 32.6. The molecule has 4 aromatic rings. The van der Waals surface area contributed by atoms with Crippen molar-refractivity contribution in [1.82, 2.24) is 10.2 Å². The minimum Gasteiger partial charge on any atom is -0.497 e. The van der Waals surface area contributed by atoms with Gasteiger partial charge >= 0.3 is 0 Å². The molecule has 0 unspecified atom stereocenters. The van der Waals surface area contributed by atoms with E-state index >= 15 is 0 Å². The fourth-order valence-electron chi connectivity index (χ4n) is 5.05. The molecule has 0 aliphatic rings. The summed E-state index contributed by atoms with van der Waals surface area (Å²) in [6.07, 6.45) is 0.240. The Morgan fingerprint density at radius 3 is 2.11 bits per heavy atom. The van der Waals surface area contributed by atoms with E-state index in [-0.39, 0.29) is 29.8 Å². The van der Waals surface area contributed by atoms with Crippen molar-refractivity contribution in [2.24, 2.45) is 0 Å². The topological polar surface area (TPSA) is 96.0 Å². The van der Waals surface area contributed by atoms with Crippen LogP contribution in [0.4, 0.5) is 5.69 Å². The van der Waals surface area contributed by atoms with Gasteiger partial charge in [-0.1, -0.05) is 72.3 Å². The summed E-state index contributed by atoms with van der Waals surface area (Å²) in [4.78, 5) is 29.9. The summed E-state index contributed by atoms with van der Waals surface area (Å²) in [7, 11) is -2.60. The zero-order valence-electron chi connectivity index (χ0n) is 26.4. The molecule has 236 valence electrons. The molecule has 1 atom stereocenters. The van der Waals surface area contributed by atoms with E-state index in [1.807, 2.05) is 82.3 Å². The summed E-state index contributed by atoms with van der Waals surface area (Å²) in [5.41, 5.74) is 3.72. The van der Waals surface area contributed by atoms with Crippen molar-refractivity contribution in [3.05, 3.63) is 125 Å². The first-order chi connectivity index (χ1) is 21.5. The quantitative estimate of drug-likeness (QED) is 0.206. The van der Waals surface area contributed by atoms with E-state index in [9.17, 15) is 18.0 Å². The lowest BCUT2D eigenvalue weighted by Crippen LogP contribution is -2.54. The van der Waals surface area contributed by atoms with Crippen LogP contribution in [0.15, 0.2) is 108 Å². The minimum atomic E-state index is -4.16. The molecule has 0 aromatic heterocycles. The van der Waals surface area contributed by atoms with E-state index in [1.165, 1.54) is 4.90 Å². The summed E-state index contributed by atoms with van der Waals surface area (Å²) in [5.74, 6) is -0.238. The average molecular weight is 628 g/mol. The molecule has 0 fully saturated rings. The van der Waals surface area contributed by atoms with E-state index in [2.05, 4.69) is 5.32 Å². The summed E-state index contributed by atoms with van der Waals surface area (Å²) < 4.78 is 34.9. The van der Waals surface area contributed by atoms with Crippen LogP contribution in [0.25, 0.3) is 0 Å².